The third-order valence-electron chi connectivity index (χ3n) is 4.83. The minimum absolute atomic E-state index is 0.0397. The number of rotatable bonds is 4. The number of hydrogen-bond donors (Lipinski definition) is 2. The number of pyridine rings is 3. The van der Waals surface area contributed by atoms with E-state index in [0.717, 1.165) is 41.1 Å². The summed E-state index contributed by atoms with van der Waals surface area (Å²) in [6, 6.07) is 5.23. The lowest BCUT2D eigenvalue weighted by atomic mass is 10.1. The normalized spacial score (nSPS) is 11.1. The smallest absolute Gasteiger partial charge is 0.261 e. The molecule has 174 valence electrons. The number of carbonyl (C=O) groups is 1. The Morgan fingerprint density at radius 3 is 2.18 bits per heavy atom. The van der Waals surface area contributed by atoms with Gasteiger partial charge in [0.25, 0.3) is 17.8 Å². The van der Waals surface area contributed by atoms with Crippen LogP contribution in [0.1, 0.15) is 15.9 Å². The third kappa shape index (κ3) is 3.91. The van der Waals surface area contributed by atoms with Crippen LogP contribution >= 0.6 is 0 Å². The first-order valence-electron chi connectivity index (χ1n) is 9.29. The molecule has 0 saturated carbocycles. The van der Waals surface area contributed by atoms with Gasteiger partial charge in [-0.25, -0.2) is 8.78 Å². The molecule has 0 fully saturated rings. The fourth-order valence-electron chi connectivity index (χ4n) is 3.22. The Hall–Kier alpha value is -4.42. The van der Waals surface area contributed by atoms with Crippen molar-refractivity contribution in [3.05, 3.63) is 103 Å². The average Bonchev–Trinajstić information content (AvgIpc) is 2.79. The maximum absolute atomic E-state index is 14.2. The highest BCUT2D eigenvalue weighted by Gasteiger charge is 2.25. The second-order valence-corrected chi connectivity index (χ2v) is 6.93. The molecule has 0 spiro atoms. The van der Waals surface area contributed by atoms with Gasteiger partial charge in [0.15, 0.2) is 0 Å². The topological polar surface area (TPSA) is 96.8 Å². The summed E-state index contributed by atoms with van der Waals surface area (Å²) in [4.78, 5) is 41.7. The molecular weight excluding hydrogens is 470 g/mol. The number of halogens is 6. The molecule has 3 heterocycles. The molecule has 4 aromatic rings. The number of nitrogens with zero attached hydrogens (tertiary/aromatic N) is 2. The molecule has 1 amide bonds. The van der Waals surface area contributed by atoms with Gasteiger partial charge >= 0.3 is 0 Å². The first-order chi connectivity index (χ1) is 16.1. The second kappa shape index (κ2) is 8.50. The van der Waals surface area contributed by atoms with Crippen molar-refractivity contribution in [1.82, 2.24) is 14.5 Å². The Labute approximate surface area is 184 Å². The van der Waals surface area contributed by atoms with Crippen LogP contribution < -0.4 is 16.3 Å². The summed E-state index contributed by atoms with van der Waals surface area (Å²) in [5, 5.41) is 1.55. The number of H-pyrrole nitrogens is 1. The molecule has 0 unspecified atom stereocenters. The van der Waals surface area contributed by atoms with Crippen molar-refractivity contribution in [3.63, 3.8) is 0 Å². The molecule has 13 heteroatoms. The summed E-state index contributed by atoms with van der Waals surface area (Å²) in [5.41, 5.74) is -5.27. The van der Waals surface area contributed by atoms with E-state index in [0.29, 0.717) is 0 Å². The first-order valence-corrected chi connectivity index (χ1v) is 9.29. The molecular formula is C21H10F6N4O3. The van der Waals surface area contributed by atoms with Gasteiger partial charge in [-0.15, -0.1) is 0 Å². The Morgan fingerprint density at radius 2 is 1.56 bits per heavy atom. The van der Waals surface area contributed by atoms with Crippen LogP contribution in [0.2, 0.25) is 0 Å². The number of carbonyl (C=O) groups excluding carboxylic acids is 1. The number of nitrogens with one attached hydrogen (secondary N) is 2. The zero-order valence-electron chi connectivity index (χ0n) is 16.6. The van der Waals surface area contributed by atoms with E-state index >= 15 is 0 Å². The summed E-state index contributed by atoms with van der Waals surface area (Å²) < 4.78 is 83.9. The van der Waals surface area contributed by atoms with Crippen molar-refractivity contribution in [2.75, 3.05) is 5.32 Å². The van der Waals surface area contributed by atoms with E-state index < -0.39 is 80.9 Å². The van der Waals surface area contributed by atoms with Gasteiger partial charge in [0.05, 0.1) is 12.1 Å². The first kappa shape index (κ1) is 22.8. The second-order valence-electron chi connectivity index (χ2n) is 6.93. The molecule has 0 radical (unpaired) electrons. The maximum Gasteiger partial charge on any atom is 0.261 e. The maximum atomic E-state index is 14.2. The monoisotopic (exact) mass is 480 g/mol. The fraction of sp³-hybridized carbons (Fsp3) is 0.0476. The Kier molecular flexibility index (Phi) is 5.69. The van der Waals surface area contributed by atoms with Crippen molar-refractivity contribution in [1.29, 1.82) is 0 Å². The van der Waals surface area contributed by atoms with Crippen LogP contribution in [0.25, 0.3) is 11.0 Å². The van der Waals surface area contributed by atoms with Crippen molar-refractivity contribution < 1.29 is 31.1 Å². The minimum Gasteiger partial charge on any atom is -0.341 e. The zero-order valence-corrected chi connectivity index (χ0v) is 16.6. The summed E-state index contributed by atoms with van der Waals surface area (Å²) >= 11 is 0. The number of fused-ring (bicyclic) bond motifs is 1. The van der Waals surface area contributed by atoms with E-state index in [-0.39, 0.29) is 5.52 Å². The zero-order chi connectivity index (χ0) is 24.7. The third-order valence-corrected chi connectivity index (χ3v) is 4.83. The highest BCUT2D eigenvalue weighted by atomic mass is 19.2. The van der Waals surface area contributed by atoms with Gasteiger partial charge in [-0.1, -0.05) is 6.07 Å². The lowest BCUT2D eigenvalue weighted by Gasteiger charge is -2.15. The number of aromatic amines is 1. The molecule has 34 heavy (non-hydrogen) atoms. The molecule has 0 aliphatic heterocycles. The van der Waals surface area contributed by atoms with E-state index in [2.05, 4.69) is 9.97 Å². The summed E-state index contributed by atoms with van der Waals surface area (Å²) in [6.07, 6.45) is 0.813. The SMILES string of the molecule is O=C(Nc1c(F)c(F)nc(F)c1F)c1cn(Cc2c(F)cccc2F)c2ccc(=O)[nH]c2c1=O. The molecule has 3 aromatic heterocycles. The number of hydrogen-bond acceptors (Lipinski definition) is 4. The Balaban J connectivity index is 1.89. The van der Waals surface area contributed by atoms with Crippen LogP contribution in [0.5, 0.6) is 0 Å². The van der Waals surface area contributed by atoms with Gasteiger partial charge in [0.1, 0.15) is 28.4 Å². The summed E-state index contributed by atoms with van der Waals surface area (Å²) in [7, 11) is 0. The predicted molar refractivity (Wildman–Crippen MR) is 106 cm³/mol. The molecule has 7 nitrogen and oxygen atoms in total. The van der Waals surface area contributed by atoms with E-state index in [9.17, 15) is 40.7 Å². The van der Waals surface area contributed by atoms with Gasteiger partial charge < -0.3 is 14.9 Å². The van der Waals surface area contributed by atoms with E-state index in [4.69, 9.17) is 0 Å². The van der Waals surface area contributed by atoms with Crippen molar-refractivity contribution >= 4 is 22.6 Å². The van der Waals surface area contributed by atoms with E-state index in [1.54, 1.807) is 5.32 Å². The molecule has 0 bridgehead atoms. The van der Waals surface area contributed by atoms with Gasteiger partial charge in [0, 0.05) is 17.8 Å². The summed E-state index contributed by atoms with van der Waals surface area (Å²) in [5.74, 6) is -11.6. The van der Waals surface area contributed by atoms with Crippen LogP contribution in [0.4, 0.5) is 32.0 Å². The quantitative estimate of drug-likeness (QED) is 0.346. The molecule has 0 aliphatic carbocycles. The highest BCUT2D eigenvalue weighted by Crippen LogP contribution is 2.23. The van der Waals surface area contributed by atoms with Gasteiger partial charge in [-0.3, -0.25) is 14.4 Å². The highest BCUT2D eigenvalue weighted by molar-refractivity contribution is 6.05. The molecule has 1 aromatic carbocycles. The lowest BCUT2D eigenvalue weighted by Crippen LogP contribution is -2.27. The summed E-state index contributed by atoms with van der Waals surface area (Å²) in [6.45, 7) is -0.567. The number of benzene rings is 1. The largest absolute Gasteiger partial charge is 0.341 e. The van der Waals surface area contributed by atoms with Crippen molar-refractivity contribution in [2.24, 2.45) is 0 Å². The minimum atomic E-state index is -2.05. The standard InChI is InChI=1S/C21H10F6N4O3/c22-10-2-1-3-11(23)8(10)6-31-7-9(18(33)16-12(31)4-5-13(32)28-16)21(34)29-17-14(24)19(26)30-20(27)15(17)25/h1-5,7H,6H2,(H,28,32)(H,29,30,34). The fourth-order valence-corrected chi connectivity index (χ4v) is 3.22. The number of aromatic nitrogens is 3. The van der Waals surface area contributed by atoms with Gasteiger partial charge in [0.2, 0.25) is 22.6 Å². The van der Waals surface area contributed by atoms with Crippen molar-refractivity contribution in [3.8, 4) is 0 Å². The number of anilines is 1. The molecule has 4 rings (SSSR count). The van der Waals surface area contributed by atoms with Crippen LogP contribution in [0, 0.1) is 35.2 Å². The van der Waals surface area contributed by atoms with Crippen LogP contribution in [-0.2, 0) is 6.54 Å². The molecule has 2 N–H and O–H groups in total. The molecule has 0 aliphatic rings. The average molecular weight is 480 g/mol. The predicted octanol–water partition coefficient (Wildman–Crippen LogP) is 3.22. The molecule has 0 saturated heterocycles. The van der Waals surface area contributed by atoms with Crippen LogP contribution in [-0.4, -0.2) is 20.4 Å². The van der Waals surface area contributed by atoms with Gasteiger partial charge in [-0.05, 0) is 18.2 Å². The van der Waals surface area contributed by atoms with E-state index in [1.165, 1.54) is 0 Å². The van der Waals surface area contributed by atoms with Crippen LogP contribution in [0.15, 0.2) is 46.1 Å². The van der Waals surface area contributed by atoms with Crippen molar-refractivity contribution in [2.45, 2.75) is 6.54 Å². The molecule has 0 atom stereocenters. The Morgan fingerprint density at radius 1 is 0.941 bits per heavy atom. The Bertz CT molecular complexity index is 1550. The van der Waals surface area contributed by atoms with Gasteiger partial charge in [-0.2, -0.15) is 22.5 Å². The van der Waals surface area contributed by atoms with E-state index in [1.807, 2.05) is 0 Å². The lowest BCUT2D eigenvalue weighted by molar-refractivity contribution is 0.102. The number of amides is 1. The van der Waals surface area contributed by atoms with Crippen LogP contribution in [0.3, 0.4) is 0 Å².